The van der Waals surface area contributed by atoms with Crippen LogP contribution in [0.5, 0.6) is 0 Å². The van der Waals surface area contributed by atoms with Crippen LogP contribution in [0.4, 0.5) is 0 Å². The topological polar surface area (TPSA) is 32.7 Å². The van der Waals surface area contributed by atoms with Gasteiger partial charge >= 0.3 is 0 Å². The minimum atomic E-state index is -0.310. The molecule has 0 spiro atoms. The lowest BCUT2D eigenvalue weighted by atomic mass is 10.1. The standard InChI is InChI=1S/C17H27NO2/c1-4-5-9-17(19)14-18(10-11-20-3)13-16-8-6-7-15(2)12-16/h4,6-8,12,17,19H,1,5,9-11,13-14H2,2-3H3. The normalized spacial score (nSPS) is 12.6. The fourth-order valence-corrected chi connectivity index (χ4v) is 2.22. The van der Waals surface area contributed by atoms with Gasteiger partial charge < -0.3 is 9.84 Å². The van der Waals surface area contributed by atoms with Gasteiger partial charge in [0.2, 0.25) is 0 Å². The summed E-state index contributed by atoms with van der Waals surface area (Å²) >= 11 is 0. The largest absolute Gasteiger partial charge is 0.392 e. The molecule has 0 aromatic heterocycles. The summed E-state index contributed by atoms with van der Waals surface area (Å²) in [6, 6.07) is 8.49. The molecule has 0 heterocycles. The molecular weight excluding hydrogens is 250 g/mol. The molecule has 1 aromatic rings. The predicted molar refractivity (Wildman–Crippen MR) is 83.8 cm³/mol. The molecule has 0 fully saturated rings. The molecule has 0 saturated heterocycles. The van der Waals surface area contributed by atoms with E-state index in [1.165, 1.54) is 11.1 Å². The summed E-state index contributed by atoms with van der Waals surface area (Å²) in [5.41, 5.74) is 2.54. The number of allylic oxidation sites excluding steroid dienone is 1. The van der Waals surface area contributed by atoms with Gasteiger partial charge in [0.25, 0.3) is 0 Å². The number of aliphatic hydroxyl groups is 1. The summed E-state index contributed by atoms with van der Waals surface area (Å²) in [7, 11) is 1.71. The first-order valence-corrected chi connectivity index (χ1v) is 7.21. The van der Waals surface area contributed by atoms with Crippen LogP contribution in [0.2, 0.25) is 0 Å². The monoisotopic (exact) mass is 277 g/mol. The fourth-order valence-electron chi connectivity index (χ4n) is 2.22. The maximum atomic E-state index is 10.1. The van der Waals surface area contributed by atoms with Crippen LogP contribution in [0.15, 0.2) is 36.9 Å². The highest BCUT2D eigenvalue weighted by molar-refractivity contribution is 5.22. The second kappa shape index (κ2) is 9.70. The zero-order chi connectivity index (χ0) is 14.8. The molecule has 1 rings (SSSR count). The van der Waals surface area contributed by atoms with Crippen molar-refractivity contribution in [2.24, 2.45) is 0 Å². The predicted octanol–water partition coefficient (Wildman–Crippen LogP) is 2.77. The lowest BCUT2D eigenvalue weighted by Gasteiger charge is -2.25. The van der Waals surface area contributed by atoms with E-state index in [4.69, 9.17) is 4.74 Å². The van der Waals surface area contributed by atoms with Crippen molar-refractivity contribution in [3.05, 3.63) is 48.0 Å². The Labute approximate surface area is 122 Å². The Balaban J connectivity index is 2.56. The Morgan fingerprint density at radius 2 is 2.25 bits per heavy atom. The number of rotatable bonds is 10. The first-order chi connectivity index (χ1) is 9.65. The minimum absolute atomic E-state index is 0.310. The first-order valence-electron chi connectivity index (χ1n) is 7.21. The Hall–Kier alpha value is -1.16. The van der Waals surface area contributed by atoms with Crippen molar-refractivity contribution in [3.63, 3.8) is 0 Å². The van der Waals surface area contributed by atoms with Crippen LogP contribution in [0.1, 0.15) is 24.0 Å². The van der Waals surface area contributed by atoms with Crippen molar-refractivity contribution < 1.29 is 9.84 Å². The van der Waals surface area contributed by atoms with Crippen molar-refractivity contribution in [2.75, 3.05) is 26.8 Å². The van der Waals surface area contributed by atoms with Gasteiger partial charge in [-0.15, -0.1) is 6.58 Å². The molecule has 0 aliphatic rings. The van der Waals surface area contributed by atoms with Gasteiger partial charge in [-0.25, -0.2) is 0 Å². The highest BCUT2D eigenvalue weighted by Crippen LogP contribution is 2.09. The third-order valence-electron chi connectivity index (χ3n) is 3.27. The Morgan fingerprint density at radius 1 is 1.45 bits per heavy atom. The molecule has 1 aromatic carbocycles. The Morgan fingerprint density at radius 3 is 2.90 bits per heavy atom. The SMILES string of the molecule is C=CCCC(O)CN(CCOC)Cc1cccc(C)c1. The first kappa shape index (κ1) is 16.9. The fraction of sp³-hybridized carbons (Fsp3) is 0.529. The summed E-state index contributed by atoms with van der Waals surface area (Å²) in [4.78, 5) is 2.24. The molecule has 3 nitrogen and oxygen atoms in total. The number of hydrogen-bond acceptors (Lipinski definition) is 3. The molecule has 0 aliphatic heterocycles. The smallest absolute Gasteiger partial charge is 0.0670 e. The summed E-state index contributed by atoms with van der Waals surface area (Å²) in [5.74, 6) is 0. The molecule has 20 heavy (non-hydrogen) atoms. The zero-order valence-corrected chi connectivity index (χ0v) is 12.7. The molecule has 112 valence electrons. The van der Waals surface area contributed by atoms with Gasteiger partial charge in [0.15, 0.2) is 0 Å². The second-order valence-electron chi connectivity index (χ2n) is 5.24. The lowest BCUT2D eigenvalue weighted by Crippen LogP contribution is -2.34. The number of nitrogens with zero attached hydrogens (tertiary/aromatic N) is 1. The third-order valence-corrected chi connectivity index (χ3v) is 3.27. The molecular formula is C17H27NO2. The highest BCUT2D eigenvalue weighted by Gasteiger charge is 2.11. The summed E-state index contributed by atoms with van der Waals surface area (Å²) in [6.07, 6.45) is 3.16. The molecule has 0 amide bonds. The number of aliphatic hydroxyl groups excluding tert-OH is 1. The number of hydrogen-bond donors (Lipinski definition) is 1. The van der Waals surface area contributed by atoms with E-state index >= 15 is 0 Å². The van der Waals surface area contributed by atoms with Crippen LogP contribution >= 0.6 is 0 Å². The van der Waals surface area contributed by atoms with Gasteiger partial charge in [0.1, 0.15) is 0 Å². The van der Waals surface area contributed by atoms with E-state index in [2.05, 4.69) is 42.7 Å². The van der Waals surface area contributed by atoms with Gasteiger partial charge in [0, 0.05) is 26.7 Å². The van der Waals surface area contributed by atoms with Crippen LogP contribution in [0, 0.1) is 6.92 Å². The molecule has 1 N–H and O–H groups in total. The van der Waals surface area contributed by atoms with Crippen molar-refractivity contribution >= 4 is 0 Å². The van der Waals surface area contributed by atoms with E-state index in [0.717, 1.165) is 25.9 Å². The van der Waals surface area contributed by atoms with E-state index in [9.17, 15) is 5.11 Å². The number of methoxy groups -OCH3 is 1. The lowest BCUT2D eigenvalue weighted by molar-refractivity contribution is 0.0809. The molecule has 1 unspecified atom stereocenters. The number of aryl methyl sites for hydroxylation is 1. The second-order valence-corrected chi connectivity index (χ2v) is 5.24. The zero-order valence-electron chi connectivity index (χ0n) is 12.7. The summed E-state index contributed by atoms with van der Waals surface area (Å²) < 4.78 is 5.16. The van der Waals surface area contributed by atoms with Crippen LogP contribution in [0.25, 0.3) is 0 Å². The molecule has 1 atom stereocenters. The van der Waals surface area contributed by atoms with Crippen LogP contribution in [0.3, 0.4) is 0 Å². The Bertz CT molecular complexity index is 392. The van der Waals surface area contributed by atoms with Gasteiger partial charge in [0.05, 0.1) is 12.7 Å². The highest BCUT2D eigenvalue weighted by atomic mass is 16.5. The average Bonchev–Trinajstić information content (AvgIpc) is 2.42. The molecule has 0 aliphatic carbocycles. The van der Waals surface area contributed by atoms with Crippen molar-refractivity contribution in [2.45, 2.75) is 32.4 Å². The van der Waals surface area contributed by atoms with E-state index in [1.54, 1.807) is 7.11 Å². The van der Waals surface area contributed by atoms with E-state index in [-0.39, 0.29) is 6.10 Å². The molecule has 0 radical (unpaired) electrons. The van der Waals surface area contributed by atoms with E-state index < -0.39 is 0 Å². The number of benzene rings is 1. The van der Waals surface area contributed by atoms with E-state index in [0.29, 0.717) is 13.2 Å². The Kier molecular flexibility index (Phi) is 8.19. The van der Waals surface area contributed by atoms with E-state index in [1.807, 2.05) is 6.08 Å². The van der Waals surface area contributed by atoms with Crippen molar-refractivity contribution in [1.29, 1.82) is 0 Å². The van der Waals surface area contributed by atoms with Crippen LogP contribution in [-0.2, 0) is 11.3 Å². The minimum Gasteiger partial charge on any atom is -0.392 e. The van der Waals surface area contributed by atoms with Crippen molar-refractivity contribution in [3.8, 4) is 0 Å². The molecule has 0 saturated carbocycles. The van der Waals surface area contributed by atoms with Crippen LogP contribution in [-0.4, -0.2) is 42.9 Å². The van der Waals surface area contributed by atoms with Gasteiger partial charge in [-0.1, -0.05) is 35.9 Å². The van der Waals surface area contributed by atoms with Crippen LogP contribution < -0.4 is 0 Å². The maximum absolute atomic E-state index is 10.1. The van der Waals surface area contributed by atoms with Crippen molar-refractivity contribution in [1.82, 2.24) is 4.90 Å². The van der Waals surface area contributed by atoms with Gasteiger partial charge in [-0.2, -0.15) is 0 Å². The van der Waals surface area contributed by atoms with Gasteiger partial charge in [-0.3, -0.25) is 4.90 Å². The molecule has 3 heteroatoms. The maximum Gasteiger partial charge on any atom is 0.0670 e. The summed E-state index contributed by atoms with van der Waals surface area (Å²) in [5, 5.41) is 10.1. The molecule has 0 bridgehead atoms. The summed E-state index contributed by atoms with van der Waals surface area (Å²) in [6.45, 7) is 8.82. The quantitative estimate of drug-likeness (QED) is 0.668. The number of ether oxygens (including phenoxy) is 1. The third kappa shape index (κ3) is 6.85. The van der Waals surface area contributed by atoms with Gasteiger partial charge in [-0.05, 0) is 25.3 Å². The average molecular weight is 277 g/mol.